The lowest BCUT2D eigenvalue weighted by molar-refractivity contribution is -0.114. The molecule has 22 heavy (non-hydrogen) atoms. The fourth-order valence-corrected chi connectivity index (χ4v) is 4.15. The number of nitrogens with two attached hydrogens (primary N) is 1. The van der Waals surface area contributed by atoms with Crippen LogP contribution >= 0.6 is 15.9 Å². The summed E-state index contributed by atoms with van der Waals surface area (Å²) in [6, 6.07) is 5.50. The number of nitrogens with zero attached hydrogens (tertiary/aromatic N) is 1. The van der Waals surface area contributed by atoms with Crippen molar-refractivity contribution < 1.29 is 9.59 Å². The van der Waals surface area contributed by atoms with Crippen LogP contribution in [0.4, 0.5) is 5.69 Å². The minimum Gasteiger partial charge on any atom is -0.366 e. The van der Waals surface area contributed by atoms with E-state index in [2.05, 4.69) is 15.9 Å². The molecule has 1 heterocycles. The topological polar surface area (TPSA) is 63.4 Å². The van der Waals surface area contributed by atoms with Gasteiger partial charge in [0, 0.05) is 15.7 Å². The van der Waals surface area contributed by atoms with Crippen molar-refractivity contribution in [1.29, 1.82) is 0 Å². The summed E-state index contributed by atoms with van der Waals surface area (Å²) in [5.41, 5.74) is 8.88. The standard InChI is InChI=1S/C17H19BrN2O2/c1-2-11-12-5-3-4-6-15(12)20(17(11)22)10-7-8-13(16(19)21)14(18)9-10/h7-9,15H,2-6H2,1H3,(H2,19,21). The molecule has 0 aromatic heterocycles. The number of hydrogen-bond donors (Lipinski definition) is 1. The van der Waals surface area contributed by atoms with Gasteiger partial charge in [-0.2, -0.15) is 0 Å². The summed E-state index contributed by atoms with van der Waals surface area (Å²) in [5.74, 6) is -0.361. The van der Waals surface area contributed by atoms with Crippen molar-refractivity contribution in [2.75, 3.05) is 4.90 Å². The molecule has 1 unspecified atom stereocenters. The van der Waals surface area contributed by atoms with Crippen LogP contribution in [-0.4, -0.2) is 17.9 Å². The normalized spacial score (nSPS) is 21.3. The highest BCUT2D eigenvalue weighted by Crippen LogP contribution is 2.41. The first-order chi connectivity index (χ1) is 10.5. The molecular formula is C17H19BrN2O2. The SMILES string of the molecule is CCC1=C2CCCCC2N(c2ccc(C(N)=O)c(Br)c2)C1=O. The monoisotopic (exact) mass is 362 g/mol. The van der Waals surface area contributed by atoms with E-state index >= 15 is 0 Å². The van der Waals surface area contributed by atoms with Crippen molar-refractivity contribution in [2.24, 2.45) is 5.73 Å². The summed E-state index contributed by atoms with van der Waals surface area (Å²) in [4.78, 5) is 26.0. The van der Waals surface area contributed by atoms with Gasteiger partial charge in [-0.1, -0.05) is 13.3 Å². The van der Waals surface area contributed by atoms with Crippen molar-refractivity contribution in [3.8, 4) is 0 Å². The van der Waals surface area contributed by atoms with Crippen LogP contribution in [0.3, 0.4) is 0 Å². The molecule has 2 amide bonds. The zero-order valence-corrected chi connectivity index (χ0v) is 14.1. The molecular weight excluding hydrogens is 344 g/mol. The summed E-state index contributed by atoms with van der Waals surface area (Å²) in [6.07, 6.45) is 5.13. The van der Waals surface area contributed by atoms with Crippen molar-refractivity contribution in [3.05, 3.63) is 39.4 Å². The van der Waals surface area contributed by atoms with Gasteiger partial charge in [-0.15, -0.1) is 0 Å². The number of anilines is 1. The molecule has 116 valence electrons. The Morgan fingerprint density at radius 3 is 2.82 bits per heavy atom. The Hall–Kier alpha value is -1.62. The van der Waals surface area contributed by atoms with Crippen molar-refractivity contribution in [1.82, 2.24) is 0 Å². The zero-order valence-electron chi connectivity index (χ0n) is 12.6. The van der Waals surface area contributed by atoms with Gasteiger partial charge in [0.15, 0.2) is 0 Å². The van der Waals surface area contributed by atoms with Crippen LogP contribution in [0, 0.1) is 0 Å². The summed E-state index contributed by atoms with van der Waals surface area (Å²) in [7, 11) is 0. The van der Waals surface area contributed by atoms with Gasteiger partial charge >= 0.3 is 0 Å². The maximum Gasteiger partial charge on any atom is 0.254 e. The molecule has 1 fully saturated rings. The van der Waals surface area contributed by atoms with Crippen molar-refractivity contribution >= 4 is 33.4 Å². The molecule has 1 aromatic carbocycles. The number of primary amides is 1. The third kappa shape index (κ3) is 2.37. The molecule has 3 rings (SSSR count). The molecule has 5 heteroatoms. The van der Waals surface area contributed by atoms with Gasteiger partial charge in [0.1, 0.15) is 0 Å². The number of halogens is 1. The van der Waals surface area contributed by atoms with E-state index in [0.29, 0.717) is 10.0 Å². The maximum absolute atomic E-state index is 12.8. The van der Waals surface area contributed by atoms with Gasteiger partial charge in [0.25, 0.3) is 5.91 Å². The highest BCUT2D eigenvalue weighted by molar-refractivity contribution is 9.10. The fraction of sp³-hybridized carbons (Fsp3) is 0.412. The molecule has 0 radical (unpaired) electrons. The number of hydrogen-bond acceptors (Lipinski definition) is 2. The van der Waals surface area contributed by atoms with E-state index in [1.54, 1.807) is 6.07 Å². The highest BCUT2D eigenvalue weighted by atomic mass is 79.9. The Morgan fingerprint density at radius 2 is 2.18 bits per heavy atom. The Kier molecular flexibility index (Phi) is 4.08. The second-order valence-electron chi connectivity index (χ2n) is 5.82. The average molecular weight is 363 g/mol. The molecule has 1 aromatic rings. The molecule has 1 aliphatic carbocycles. The molecule has 1 aliphatic heterocycles. The summed E-state index contributed by atoms with van der Waals surface area (Å²) < 4.78 is 0.632. The van der Waals surface area contributed by atoms with E-state index in [0.717, 1.165) is 36.9 Å². The van der Waals surface area contributed by atoms with Crippen LogP contribution in [0.1, 0.15) is 49.4 Å². The van der Waals surface area contributed by atoms with Crippen molar-refractivity contribution in [3.63, 3.8) is 0 Å². The van der Waals surface area contributed by atoms with Gasteiger partial charge < -0.3 is 10.6 Å². The van der Waals surface area contributed by atoms with Gasteiger partial charge in [0.05, 0.1) is 11.6 Å². The molecule has 0 saturated heterocycles. The molecule has 4 nitrogen and oxygen atoms in total. The molecule has 1 saturated carbocycles. The molecule has 2 aliphatic rings. The van der Waals surface area contributed by atoms with Crippen LogP contribution in [0.5, 0.6) is 0 Å². The van der Waals surface area contributed by atoms with Crippen LogP contribution in [0.25, 0.3) is 0 Å². The number of amides is 2. The largest absolute Gasteiger partial charge is 0.366 e. The molecule has 1 atom stereocenters. The lowest BCUT2D eigenvalue weighted by Gasteiger charge is -2.30. The van der Waals surface area contributed by atoms with E-state index in [-0.39, 0.29) is 11.9 Å². The van der Waals surface area contributed by atoms with E-state index in [1.165, 1.54) is 12.0 Å². The van der Waals surface area contributed by atoms with Gasteiger partial charge in [0.2, 0.25) is 5.91 Å². The quantitative estimate of drug-likeness (QED) is 0.893. The zero-order chi connectivity index (χ0) is 15.9. The summed E-state index contributed by atoms with van der Waals surface area (Å²) in [5, 5.41) is 0. The van der Waals surface area contributed by atoms with Crippen LogP contribution < -0.4 is 10.6 Å². The summed E-state index contributed by atoms with van der Waals surface area (Å²) in [6.45, 7) is 2.04. The lowest BCUT2D eigenvalue weighted by atomic mass is 9.88. The molecule has 0 bridgehead atoms. The first-order valence-corrected chi connectivity index (χ1v) is 8.48. The number of fused-ring (bicyclic) bond motifs is 1. The number of carbonyl (C=O) groups is 2. The lowest BCUT2D eigenvalue weighted by Crippen LogP contribution is -2.37. The van der Waals surface area contributed by atoms with E-state index in [4.69, 9.17) is 5.73 Å². The van der Waals surface area contributed by atoms with Crippen LogP contribution in [0.2, 0.25) is 0 Å². The predicted octanol–water partition coefficient (Wildman–Crippen LogP) is 3.54. The van der Waals surface area contributed by atoms with E-state index < -0.39 is 5.91 Å². The third-order valence-corrected chi connectivity index (χ3v) is 5.26. The van der Waals surface area contributed by atoms with Gasteiger partial charge in [-0.25, -0.2) is 0 Å². The highest BCUT2D eigenvalue weighted by Gasteiger charge is 2.39. The third-order valence-electron chi connectivity index (χ3n) is 4.60. The molecule has 2 N–H and O–H groups in total. The van der Waals surface area contributed by atoms with Crippen LogP contribution in [0.15, 0.2) is 33.8 Å². The fourth-order valence-electron chi connectivity index (χ4n) is 3.58. The first-order valence-electron chi connectivity index (χ1n) is 7.69. The summed E-state index contributed by atoms with van der Waals surface area (Å²) >= 11 is 3.38. The molecule has 0 spiro atoms. The Balaban J connectivity index is 2.00. The van der Waals surface area contributed by atoms with Gasteiger partial charge in [-0.05, 0) is 65.4 Å². The number of rotatable bonds is 3. The second-order valence-corrected chi connectivity index (χ2v) is 6.68. The minimum absolute atomic E-state index is 0.114. The van der Waals surface area contributed by atoms with Gasteiger partial charge in [-0.3, -0.25) is 9.59 Å². The number of benzene rings is 1. The Morgan fingerprint density at radius 1 is 1.41 bits per heavy atom. The second kappa shape index (κ2) is 5.88. The minimum atomic E-state index is -0.475. The van der Waals surface area contributed by atoms with Crippen LogP contribution in [-0.2, 0) is 4.79 Å². The van der Waals surface area contributed by atoms with Crippen molar-refractivity contribution in [2.45, 2.75) is 45.1 Å². The number of carbonyl (C=O) groups excluding carboxylic acids is 2. The van der Waals surface area contributed by atoms with E-state index in [9.17, 15) is 9.59 Å². The first kappa shape index (κ1) is 15.3. The average Bonchev–Trinajstić information content (AvgIpc) is 2.78. The maximum atomic E-state index is 12.8. The predicted molar refractivity (Wildman–Crippen MR) is 89.7 cm³/mol. The van der Waals surface area contributed by atoms with E-state index in [1.807, 2.05) is 24.0 Å². The Labute approximate surface area is 138 Å². The smallest absolute Gasteiger partial charge is 0.254 e. The Bertz CT molecular complexity index is 681.